The Morgan fingerprint density at radius 2 is 1.15 bits per heavy atom. The Morgan fingerprint density at radius 3 is 1.58 bits per heavy atom. The molecule has 6 heteroatoms. The van der Waals surface area contributed by atoms with Gasteiger partial charge in [0.2, 0.25) is 0 Å². The maximum atomic E-state index is 11.5. The van der Waals surface area contributed by atoms with Crippen LogP contribution in [0.3, 0.4) is 0 Å². The second-order valence-corrected chi connectivity index (χ2v) is 5.80. The zero-order valence-corrected chi connectivity index (χ0v) is 14.5. The number of hydrogen-bond donors (Lipinski definition) is 0. The van der Waals surface area contributed by atoms with Crippen molar-refractivity contribution in [2.24, 2.45) is 24.1 Å². The zero-order valence-electron chi connectivity index (χ0n) is 14.5. The Hall–Kier alpha value is -3.54. The van der Waals surface area contributed by atoms with Crippen LogP contribution >= 0.6 is 0 Å². The number of aliphatic imine (C=N–C) groups is 2. The molecule has 0 unspecified atom stereocenters. The number of nitrogens with zero attached hydrogens (tertiary/aromatic N) is 4. The predicted octanol–water partition coefficient (Wildman–Crippen LogP) is 2.59. The largest absolute Gasteiger partial charge is 0.350 e. The number of hydrogen-bond acceptors (Lipinski definition) is 4. The molecule has 0 saturated heterocycles. The number of aromatic nitrogens is 2. The lowest BCUT2D eigenvalue weighted by Gasteiger charge is -2.04. The van der Waals surface area contributed by atoms with Gasteiger partial charge in [-0.1, -0.05) is 12.1 Å². The van der Waals surface area contributed by atoms with Crippen molar-refractivity contribution < 1.29 is 0 Å². The van der Waals surface area contributed by atoms with Crippen molar-refractivity contribution in [3.05, 3.63) is 92.8 Å². The topological polar surface area (TPSA) is 68.7 Å². The highest BCUT2D eigenvalue weighted by atomic mass is 16.1. The SMILES string of the molecule is Cn1ccc(=O)cc1C=Nc1ccccc1N=Cc1cc(=O)ccn1C. The van der Waals surface area contributed by atoms with Crippen molar-refractivity contribution in [3.8, 4) is 0 Å². The first-order valence-corrected chi connectivity index (χ1v) is 8.03. The van der Waals surface area contributed by atoms with Gasteiger partial charge in [-0.25, -0.2) is 0 Å². The van der Waals surface area contributed by atoms with Gasteiger partial charge < -0.3 is 9.13 Å². The van der Waals surface area contributed by atoms with E-state index in [-0.39, 0.29) is 10.9 Å². The van der Waals surface area contributed by atoms with Crippen molar-refractivity contribution >= 4 is 23.8 Å². The molecule has 0 atom stereocenters. The van der Waals surface area contributed by atoms with E-state index < -0.39 is 0 Å². The first kappa shape index (κ1) is 17.3. The lowest BCUT2D eigenvalue weighted by Crippen LogP contribution is -2.07. The summed E-state index contributed by atoms with van der Waals surface area (Å²) in [6, 6.07) is 13.5. The first-order chi connectivity index (χ1) is 12.5. The highest BCUT2D eigenvalue weighted by Gasteiger charge is 2.00. The van der Waals surface area contributed by atoms with Gasteiger partial charge in [0.25, 0.3) is 0 Å². The smallest absolute Gasteiger partial charge is 0.182 e. The van der Waals surface area contributed by atoms with Crippen LogP contribution < -0.4 is 10.9 Å². The molecule has 1 aromatic carbocycles. The molecule has 0 aliphatic carbocycles. The average Bonchev–Trinajstić information content (AvgIpc) is 2.64. The van der Waals surface area contributed by atoms with E-state index in [0.717, 1.165) is 0 Å². The minimum atomic E-state index is -0.0687. The Kier molecular flexibility index (Phi) is 5.03. The summed E-state index contributed by atoms with van der Waals surface area (Å²) in [6.45, 7) is 0. The molecule has 2 aromatic heterocycles. The van der Waals surface area contributed by atoms with E-state index in [1.165, 1.54) is 24.3 Å². The summed E-state index contributed by atoms with van der Waals surface area (Å²) in [5.74, 6) is 0. The highest BCUT2D eigenvalue weighted by Crippen LogP contribution is 2.26. The van der Waals surface area contributed by atoms with Gasteiger partial charge in [0.05, 0.1) is 35.2 Å². The molecule has 3 aromatic rings. The van der Waals surface area contributed by atoms with Crippen LogP contribution in [0.15, 0.2) is 80.5 Å². The molecule has 0 bridgehead atoms. The summed E-state index contributed by atoms with van der Waals surface area (Å²) in [5, 5.41) is 0. The van der Waals surface area contributed by atoms with Crippen LogP contribution in [0, 0.1) is 0 Å². The number of para-hydroxylation sites is 2. The highest BCUT2D eigenvalue weighted by molar-refractivity contribution is 5.85. The van der Waals surface area contributed by atoms with Crippen molar-refractivity contribution in [1.82, 2.24) is 9.13 Å². The van der Waals surface area contributed by atoms with Crippen LogP contribution in [0.1, 0.15) is 11.4 Å². The maximum Gasteiger partial charge on any atom is 0.182 e. The van der Waals surface area contributed by atoms with E-state index >= 15 is 0 Å². The maximum absolute atomic E-state index is 11.5. The van der Waals surface area contributed by atoms with E-state index in [2.05, 4.69) is 9.98 Å². The van der Waals surface area contributed by atoms with Crippen LogP contribution in [0.4, 0.5) is 11.4 Å². The third kappa shape index (κ3) is 4.10. The monoisotopic (exact) mass is 346 g/mol. The van der Waals surface area contributed by atoms with Crippen LogP contribution in [0.2, 0.25) is 0 Å². The lowest BCUT2D eigenvalue weighted by atomic mass is 10.2. The third-order valence-corrected chi connectivity index (χ3v) is 3.87. The fourth-order valence-corrected chi connectivity index (χ4v) is 2.34. The zero-order chi connectivity index (χ0) is 18.5. The van der Waals surface area contributed by atoms with E-state index in [1.807, 2.05) is 47.5 Å². The van der Waals surface area contributed by atoms with Crippen LogP contribution in [0.5, 0.6) is 0 Å². The molecule has 0 aliphatic heterocycles. The van der Waals surface area contributed by atoms with Crippen molar-refractivity contribution in [3.63, 3.8) is 0 Å². The molecule has 0 N–H and O–H groups in total. The third-order valence-electron chi connectivity index (χ3n) is 3.87. The van der Waals surface area contributed by atoms with E-state index in [0.29, 0.717) is 22.8 Å². The Labute approximate surface area is 150 Å². The molecule has 0 aliphatic rings. The Bertz CT molecular complexity index is 1020. The standard InChI is InChI=1S/C20H18N4O2/c1-23-9-7-17(25)11-15(23)13-21-19-5-3-4-6-20(19)22-14-16-12-18(26)8-10-24(16)2/h3-14H,1-2H3. The molecule has 0 saturated carbocycles. The molecule has 3 rings (SSSR count). The van der Waals surface area contributed by atoms with Gasteiger partial charge in [0, 0.05) is 50.8 Å². The van der Waals surface area contributed by atoms with Crippen molar-refractivity contribution in [1.29, 1.82) is 0 Å². The van der Waals surface area contributed by atoms with Gasteiger partial charge >= 0.3 is 0 Å². The summed E-state index contributed by atoms with van der Waals surface area (Å²) in [5.41, 5.74) is 2.59. The minimum absolute atomic E-state index is 0.0687. The summed E-state index contributed by atoms with van der Waals surface area (Å²) in [7, 11) is 3.70. The second-order valence-electron chi connectivity index (χ2n) is 5.80. The van der Waals surface area contributed by atoms with Gasteiger partial charge in [0.15, 0.2) is 10.9 Å². The Morgan fingerprint density at radius 1 is 0.731 bits per heavy atom. The second kappa shape index (κ2) is 7.57. The van der Waals surface area contributed by atoms with E-state index in [9.17, 15) is 9.59 Å². The quantitative estimate of drug-likeness (QED) is 0.681. The summed E-state index contributed by atoms with van der Waals surface area (Å²) < 4.78 is 3.63. The molecule has 130 valence electrons. The summed E-state index contributed by atoms with van der Waals surface area (Å²) in [6.07, 6.45) is 6.66. The first-order valence-electron chi connectivity index (χ1n) is 8.03. The van der Waals surface area contributed by atoms with Crippen LogP contribution in [-0.4, -0.2) is 21.6 Å². The molecular weight excluding hydrogens is 328 g/mol. The van der Waals surface area contributed by atoms with Crippen LogP contribution in [0.25, 0.3) is 0 Å². The minimum Gasteiger partial charge on any atom is -0.350 e. The number of aryl methyl sites for hydroxylation is 2. The van der Waals surface area contributed by atoms with Crippen molar-refractivity contribution in [2.45, 2.75) is 0 Å². The molecule has 0 spiro atoms. The van der Waals surface area contributed by atoms with E-state index in [4.69, 9.17) is 0 Å². The number of pyridine rings is 2. The number of benzene rings is 1. The Balaban J connectivity index is 1.93. The fraction of sp³-hybridized carbons (Fsp3) is 0.100. The molecule has 0 amide bonds. The van der Waals surface area contributed by atoms with Gasteiger partial charge in [-0.05, 0) is 12.1 Å². The van der Waals surface area contributed by atoms with E-state index in [1.54, 1.807) is 24.8 Å². The number of rotatable bonds is 4. The normalized spacial score (nSPS) is 11.5. The molecule has 0 radical (unpaired) electrons. The van der Waals surface area contributed by atoms with Crippen molar-refractivity contribution in [2.75, 3.05) is 0 Å². The predicted molar refractivity (Wildman–Crippen MR) is 104 cm³/mol. The molecule has 6 nitrogen and oxygen atoms in total. The van der Waals surface area contributed by atoms with Gasteiger partial charge in [-0.2, -0.15) is 0 Å². The molecule has 0 fully saturated rings. The summed E-state index contributed by atoms with van der Waals surface area (Å²) >= 11 is 0. The van der Waals surface area contributed by atoms with Gasteiger partial charge in [-0.3, -0.25) is 19.6 Å². The fourth-order valence-electron chi connectivity index (χ4n) is 2.34. The van der Waals surface area contributed by atoms with Crippen LogP contribution in [-0.2, 0) is 14.1 Å². The molecule has 2 heterocycles. The molecular formula is C20H18N4O2. The van der Waals surface area contributed by atoms with Gasteiger partial charge in [0.1, 0.15) is 0 Å². The summed E-state index contributed by atoms with van der Waals surface area (Å²) in [4.78, 5) is 32.0. The molecule has 26 heavy (non-hydrogen) atoms. The van der Waals surface area contributed by atoms with Gasteiger partial charge in [-0.15, -0.1) is 0 Å². The average molecular weight is 346 g/mol. The lowest BCUT2D eigenvalue weighted by molar-refractivity contribution is 0.890.